The van der Waals surface area contributed by atoms with Gasteiger partial charge in [0.15, 0.2) is 0 Å². The number of aromatic hydroxyl groups is 1. The van der Waals surface area contributed by atoms with Crippen LogP contribution >= 0.6 is 0 Å². The Morgan fingerprint density at radius 2 is 1.31 bits per heavy atom. The summed E-state index contributed by atoms with van der Waals surface area (Å²) in [6.45, 7) is 16.1. The summed E-state index contributed by atoms with van der Waals surface area (Å²) in [7, 11) is 0. The maximum absolute atomic E-state index is 14.6. The van der Waals surface area contributed by atoms with Gasteiger partial charge in [0.05, 0.1) is 0 Å². The Kier molecular flexibility index (Phi) is 13.0. The van der Waals surface area contributed by atoms with Crippen molar-refractivity contribution in [1.29, 1.82) is 0 Å². The Morgan fingerprint density at radius 3 is 1.88 bits per heavy atom. The lowest BCUT2D eigenvalue weighted by atomic mass is 9.94. The minimum absolute atomic E-state index is 0.0589. The van der Waals surface area contributed by atoms with Crippen molar-refractivity contribution >= 4 is 23.9 Å². The van der Waals surface area contributed by atoms with E-state index < -0.39 is 53.2 Å². The van der Waals surface area contributed by atoms with E-state index in [-0.39, 0.29) is 25.1 Å². The van der Waals surface area contributed by atoms with Crippen LogP contribution in [0.15, 0.2) is 72.8 Å². The van der Waals surface area contributed by atoms with Crippen molar-refractivity contribution in [1.82, 2.24) is 15.5 Å². The van der Waals surface area contributed by atoms with Crippen LogP contribution in [0.25, 0.3) is 0 Å². The van der Waals surface area contributed by atoms with Crippen LogP contribution in [-0.2, 0) is 36.7 Å². The topological polar surface area (TPSA) is 134 Å². The Morgan fingerprint density at radius 1 is 0.735 bits per heavy atom. The minimum Gasteiger partial charge on any atom is -0.508 e. The first-order chi connectivity index (χ1) is 22.9. The van der Waals surface area contributed by atoms with Gasteiger partial charge in [0.25, 0.3) is 0 Å². The monoisotopic (exact) mass is 673 g/mol. The van der Waals surface area contributed by atoms with Gasteiger partial charge in [-0.05, 0) is 102 Å². The van der Waals surface area contributed by atoms with Crippen LogP contribution in [0.2, 0.25) is 0 Å². The smallest absolute Gasteiger partial charge is 0.408 e. The lowest BCUT2D eigenvalue weighted by molar-refractivity contribution is -0.159. The summed E-state index contributed by atoms with van der Waals surface area (Å²) in [4.78, 5) is 57.1. The summed E-state index contributed by atoms with van der Waals surface area (Å²) in [5, 5.41) is 15.5. The van der Waals surface area contributed by atoms with E-state index in [2.05, 4.69) is 10.6 Å². The number of nitrogens with zero attached hydrogens (tertiary/aromatic N) is 1. The summed E-state index contributed by atoms with van der Waals surface area (Å²) < 4.78 is 11.2. The molecule has 0 saturated heterocycles. The highest BCUT2D eigenvalue weighted by molar-refractivity contribution is 5.94. The van der Waals surface area contributed by atoms with Crippen molar-refractivity contribution in [2.24, 2.45) is 0 Å². The summed E-state index contributed by atoms with van der Waals surface area (Å²) in [6, 6.07) is 17.8. The third kappa shape index (κ3) is 11.7. The maximum Gasteiger partial charge on any atom is 0.408 e. The normalized spacial score (nSPS) is 13.4. The summed E-state index contributed by atoms with van der Waals surface area (Å²) in [5.74, 6) is -1.64. The number of amides is 3. The van der Waals surface area contributed by atoms with Gasteiger partial charge in [-0.15, -0.1) is 0 Å². The molecule has 10 heteroatoms. The molecule has 0 aliphatic carbocycles. The minimum atomic E-state index is -1.17. The van der Waals surface area contributed by atoms with Crippen LogP contribution in [0.1, 0.15) is 82.3 Å². The van der Waals surface area contributed by atoms with Gasteiger partial charge in [0.2, 0.25) is 11.8 Å². The molecular weight excluding hydrogens is 622 g/mol. The second-order valence-electron chi connectivity index (χ2n) is 14.2. The second-order valence-corrected chi connectivity index (χ2v) is 14.2. The standard InChI is InChI=1S/C39H51N3O7/c1-10-42(35(45)31(41-37(47)49-39(7,8)9)23-28-19-21-29(43)22-20-28)33(30-18-14-15-25(2)26(30)3)34(44)40-32(36(46)48-38(4,5)6)24-27-16-12-11-13-17-27/h11-22,31-33,43H,10,23-24H2,1-9H3,(H,40,44)(H,41,47). The molecule has 0 aromatic heterocycles. The predicted molar refractivity (Wildman–Crippen MR) is 189 cm³/mol. The van der Waals surface area contributed by atoms with Gasteiger partial charge in [0, 0.05) is 19.4 Å². The van der Waals surface area contributed by atoms with Crippen LogP contribution in [-0.4, -0.2) is 63.7 Å². The van der Waals surface area contributed by atoms with Gasteiger partial charge in [-0.3, -0.25) is 9.59 Å². The molecule has 3 aromatic rings. The molecule has 0 bridgehead atoms. The number of benzene rings is 3. The van der Waals surface area contributed by atoms with Crippen molar-refractivity contribution in [2.45, 2.75) is 104 Å². The Bertz CT molecular complexity index is 1590. The molecule has 3 atom stereocenters. The van der Waals surface area contributed by atoms with Crippen LogP contribution in [0.4, 0.5) is 4.79 Å². The third-order valence-electron chi connectivity index (χ3n) is 7.78. The molecule has 0 saturated carbocycles. The van der Waals surface area contributed by atoms with E-state index in [1.54, 1.807) is 66.7 Å². The van der Waals surface area contributed by atoms with E-state index in [4.69, 9.17) is 9.47 Å². The van der Waals surface area contributed by atoms with Gasteiger partial charge < -0.3 is 30.1 Å². The Balaban J connectivity index is 2.09. The summed E-state index contributed by atoms with van der Waals surface area (Å²) >= 11 is 0. The Labute approximate surface area is 290 Å². The Hall–Kier alpha value is -4.86. The molecule has 3 N–H and O–H groups in total. The maximum atomic E-state index is 14.6. The number of esters is 1. The molecular formula is C39H51N3O7. The van der Waals surface area contributed by atoms with Crippen molar-refractivity contribution in [3.63, 3.8) is 0 Å². The van der Waals surface area contributed by atoms with Crippen molar-refractivity contribution in [2.75, 3.05) is 6.54 Å². The van der Waals surface area contributed by atoms with Gasteiger partial charge in [-0.25, -0.2) is 9.59 Å². The van der Waals surface area contributed by atoms with E-state index in [9.17, 15) is 24.3 Å². The first kappa shape index (κ1) is 38.6. The molecule has 0 radical (unpaired) electrons. The van der Waals surface area contributed by atoms with Crippen LogP contribution in [0.3, 0.4) is 0 Å². The average Bonchev–Trinajstić information content (AvgIpc) is 3.00. The molecule has 10 nitrogen and oxygen atoms in total. The third-order valence-corrected chi connectivity index (χ3v) is 7.78. The van der Waals surface area contributed by atoms with Crippen molar-refractivity contribution < 1.29 is 33.8 Å². The molecule has 3 amide bonds. The van der Waals surface area contributed by atoms with E-state index in [1.807, 2.05) is 56.3 Å². The second kappa shape index (κ2) is 16.5. The molecule has 0 aliphatic heterocycles. The molecule has 0 aliphatic rings. The molecule has 264 valence electrons. The van der Waals surface area contributed by atoms with E-state index in [1.165, 1.54) is 17.0 Å². The number of aryl methyl sites for hydroxylation is 1. The molecule has 3 unspecified atom stereocenters. The molecule has 0 heterocycles. The predicted octanol–water partition coefficient (Wildman–Crippen LogP) is 6.10. The SMILES string of the molecule is CCN(C(=O)C(Cc1ccc(O)cc1)NC(=O)OC(C)(C)C)C(C(=O)NC(Cc1ccccc1)C(=O)OC(C)(C)C)c1cccc(C)c1C. The first-order valence-electron chi connectivity index (χ1n) is 16.6. The van der Waals surface area contributed by atoms with Gasteiger partial charge in [-0.2, -0.15) is 0 Å². The first-order valence-corrected chi connectivity index (χ1v) is 16.6. The number of phenolic OH excluding ortho intramolecular Hbond substituents is 1. The number of hydrogen-bond donors (Lipinski definition) is 3. The highest BCUT2D eigenvalue weighted by Gasteiger charge is 2.38. The summed E-state index contributed by atoms with van der Waals surface area (Å²) in [6.07, 6.45) is -0.559. The van der Waals surface area contributed by atoms with E-state index >= 15 is 0 Å². The number of carbonyl (C=O) groups is 4. The quantitative estimate of drug-likeness (QED) is 0.198. The molecule has 0 fully saturated rings. The molecule has 0 spiro atoms. The number of hydrogen-bond acceptors (Lipinski definition) is 7. The van der Waals surface area contributed by atoms with Crippen molar-refractivity contribution in [3.8, 4) is 5.75 Å². The van der Waals surface area contributed by atoms with Crippen LogP contribution < -0.4 is 10.6 Å². The van der Waals surface area contributed by atoms with Gasteiger partial charge in [0.1, 0.15) is 35.1 Å². The zero-order valence-electron chi connectivity index (χ0n) is 30.1. The number of ether oxygens (including phenoxy) is 2. The highest BCUT2D eigenvalue weighted by Crippen LogP contribution is 2.28. The fraction of sp³-hybridized carbons (Fsp3) is 0.436. The molecule has 49 heavy (non-hydrogen) atoms. The number of rotatable bonds is 12. The highest BCUT2D eigenvalue weighted by atomic mass is 16.6. The average molecular weight is 674 g/mol. The molecule has 3 aromatic carbocycles. The van der Waals surface area contributed by atoms with Gasteiger partial charge in [-0.1, -0.05) is 60.7 Å². The van der Waals surface area contributed by atoms with Crippen molar-refractivity contribution in [3.05, 3.63) is 101 Å². The fourth-order valence-corrected chi connectivity index (χ4v) is 5.37. The number of alkyl carbamates (subject to hydrolysis) is 1. The number of nitrogens with one attached hydrogen (secondary N) is 2. The zero-order valence-corrected chi connectivity index (χ0v) is 30.1. The fourth-order valence-electron chi connectivity index (χ4n) is 5.37. The largest absolute Gasteiger partial charge is 0.508 e. The lowest BCUT2D eigenvalue weighted by Crippen LogP contribution is -2.55. The number of carbonyl (C=O) groups excluding carboxylic acids is 4. The zero-order chi connectivity index (χ0) is 36.5. The lowest BCUT2D eigenvalue weighted by Gasteiger charge is -2.35. The van der Waals surface area contributed by atoms with Crippen LogP contribution in [0, 0.1) is 13.8 Å². The number of phenols is 1. The van der Waals surface area contributed by atoms with E-state index in [0.29, 0.717) is 11.1 Å². The van der Waals surface area contributed by atoms with E-state index in [0.717, 1.165) is 16.7 Å². The number of likely N-dealkylation sites (N-methyl/N-ethyl adjacent to an activating group) is 1. The van der Waals surface area contributed by atoms with Gasteiger partial charge >= 0.3 is 12.1 Å². The van der Waals surface area contributed by atoms with Crippen LogP contribution in [0.5, 0.6) is 5.75 Å². The summed E-state index contributed by atoms with van der Waals surface area (Å²) in [5.41, 5.74) is 2.17. The molecule has 3 rings (SSSR count).